The second-order valence-electron chi connectivity index (χ2n) is 3.67. The molecule has 1 aromatic heterocycles. The van der Waals surface area contributed by atoms with Crippen molar-refractivity contribution in [3.05, 3.63) is 15.9 Å². The lowest BCUT2D eigenvalue weighted by molar-refractivity contribution is 0.392. The van der Waals surface area contributed by atoms with Crippen molar-refractivity contribution in [1.29, 1.82) is 0 Å². The Labute approximate surface area is 119 Å². The summed E-state index contributed by atoms with van der Waals surface area (Å²) in [7, 11) is -3.52. The van der Waals surface area contributed by atoms with Crippen LogP contribution in [0.3, 0.4) is 0 Å². The molecule has 0 unspecified atom stereocenters. The summed E-state index contributed by atoms with van der Waals surface area (Å²) < 4.78 is 27.0. The number of sulfonamides is 1. The minimum Gasteiger partial charge on any atom is -0.392 e. The summed E-state index contributed by atoms with van der Waals surface area (Å²) in [5.41, 5.74) is 5.43. The minimum absolute atomic E-state index is 0.0604. The highest BCUT2D eigenvalue weighted by Gasteiger charge is 2.28. The number of thiocarbonyl (C=S) groups is 1. The maximum atomic E-state index is 12.3. The van der Waals surface area contributed by atoms with E-state index in [-0.39, 0.29) is 21.8 Å². The normalized spacial score (nSPS) is 12.3. The zero-order valence-electron chi connectivity index (χ0n) is 9.38. The van der Waals surface area contributed by atoms with Crippen molar-refractivity contribution >= 4 is 54.5 Å². The first kappa shape index (κ1) is 15.0. The van der Waals surface area contributed by atoms with Gasteiger partial charge in [0.15, 0.2) is 0 Å². The third-order valence-corrected chi connectivity index (χ3v) is 6.24. The van der Waals surface area contributed by atoms with Crippen LogP contribution in [0.15, 0.2) is 20.1 Å². The van der Waals surface area contributed by atoms with Gasteiger partial charge in [-0.3, -0.25) is 0 Å². The van der Waals surface area contributed by atoms with Gasteiger partial charge in [-0.05, 0) is 41.9 Å². The first-order valence-electron chi connectivity index (χ1n) is 4.80. The van der Waals surface area contributed by atoms with Crippen LogP contribution < -0.4 is 5.73 Å². The molecule has 1 rings (SSSR count). The van der Waals surface area contributed by atoms with Gasteiger partial charge in [-0.1, -0.05) is 12.2 Å². The fraction of sp³-hybridized carbons (Fsp3) is 0.444. The van der Waals surface area contributed by atoms with E-state index in [0.29, 0.717) is 0 Å². The summed E-state index contributed by atoms with van der Waals surface area (Å²) in [5, 5.41) is 0. The van der Waals surface area contributed by atoms with E-state index in [0.717, 1.165) is 3.79 Å². The van der Waals surface area contributed by atoms with Gasteiger partial charge in [0.2, 0.25) is 0 Å². The highest BCUT2D eigenvalue weighted by atomic mass is 79.9. The maximum Gasteiger partial charge on any atom is 0.253 e. The number of hydrogen-bond acceptors (Lipinski definition) is 4. The van der Waals surface area contributed by atoms with Crippen LogP contribution in [0.5, 0.6) is 0 Å². The Kier molecular flexibility index (Phi) is 5.08. The predicted molar refractivity (Wildman–Crippen MR) is 77.8 cm³/mol. The molecule has 0 aliphatic heterocycles. The van der Waals surface area contributed by atoms with Crippen LogP contribution in [0, 0.1) is 0 Å². The third-order valence-electron chi connectivity index (χ3n) is 2.00. The van der Waals surface area contributed by atoms with E-state index >= 15 is 0 Å². The molecule has 2 N–H and O–H groups in total. The van der Waals surface area contributed by atoms with Crippen LogP contribution in [-0.2, 0) is 10.0 Å². The molecule has 8 heteroatoms. The second-order valence-corrected chi connectivity index (χ2v) is 8.77. The number of halogens is 1. The molecule has 0 saturated carbocycles. The summed E-state index contributed by atoms with van der Waals surface area (Å²) in [6.45, 7) is 3.64. The van der Waals surface area contributed by atoms with Crippen molar-refractivity contribution in [3.63, 3.8) is 0 Å². The molecular formula is C9H13BrN2O2S3. The molecule has 1 aromatic rings. The highest BCUT2D eigenvalue weighted by Crippen LogP contribution is 2.29. The molecule has 0 fully saturated rings. The number of thiophene rings is 1. The molecular weight excluding hydrogens is 344 g/mol. The van der Waals surface area contributed by atoms with Crippen molar-refractivity contribution in [2.45, 2.75) is 24.1 Å². The third kappa shape index (κ3) is 3.72. The molecule has 4 nitrogen and oxygen atoms in total. The topological polar surface area (TPSA) is 63.4 Å². The fourth-order valence-corrected chi connectivity index (χ4v) is 5.23. The average Bonchev–Trinajstić information content (AvgIpc) is 2.61. The molecule has 0 saturated heterocycles. The maximum absolute atomic E-state index is 12.3. The first-order valence-corrected chi connectivity index (χ1v) is 8.26. The zero-order valence-corrected chi connectivity index (χ0v) is 13.4. The highest BCUT2D eigenvalue weighted by molar-refractivity contribution is 9.11. The molecule has 17 heavy (non-hydrogen) atoms. The lowest BCUT2D eigenvalue weighted by Gasteiger charge is -2.24. The minimum atomic E-state index is -3.52. The summed E-state index contributed by atoms with van der Waals surface area (Å²) in [4.78, 5) is 0.165. The Morgan fingerprint density at radius 2 is 2.18 bits per heavy atom. The molecule has 96 valence electrons. The van der Waals surface area contributed by atoms with Crippen molar-refractivity contribution in [1.82, 2.24) is 4.31 Å². The summed E-state index contributed by atoms with van der Waals surface area (Å²) in [6, 6.07) is 3.08. The van der Waals surface area contributed by atoms with E-state index in [1.54, 1.807) is 26.0 Å². The molecule has 0 spiro atoms. The largest absolute Gasteiger partial charge is 0.392 e. The average molecular weight is 357 g/mol. The molecule has 0 aliphatic rings. The van der Waals surface area contributed by atoms with E-state index in [2.05, 4.69) is 15.9 Å². The SMILES string of the molecule is CC(C)N(CC(N)=S)S(=O)(=O)c1ccc(Br)s1. The monoisotopic (exact) mass is 356 g/mol. The molecule has 0 aliphatic carbocycles. The van der Waals surface area contributed by atoms with E-state index in [1.807, 2.05) is 0 Å². The Hall–Kier alpha value is -0.0200. The van der Waals surface area contributed by atoms with Gasteiger partial charge >= 0.3 is 0 Å². The zero-order chi connectivity index (χ0) is 13.2. The Morgan fingerprint density at radius 3 is 2.53 bits per heavy atom. The lowest BCUT2D eigenvalue weighted by Crippen LogP contribution is -2.41. The quantitative estimate of drug-likeness (QED) is 0.821. The summed E-state index contributed by atoms with van der Waals surface area (Å²) >= 11 is 9.20. The molecule has 0 amide bonds. The van der Waals surface area contributed by atoms with Gasteiger partial charge in [-0.15, -0.1) is 11.3 Å². The van der Waals surface area contributed by atoms with E-state index < -0.39 is 10.0 Å². The van der Waals surface area contributed by atoms with Crippen LogP contribution in [-0.4, -0.2) is 30.3 Å². The fourth-order valence-electron chi connectivity index (χ4n) is 1.25. The molecule has 1 heterocycles. The smallest absolute Gasteiger partial charge is 0.253 e. The second kappa shape index (κ2) is 5.75. The molecule has 0 radical (unpaired) electrons. The van der Waals surface area contributed by atoms with Gasteiger partial charge < -0.3 is 5.73 Å². The van der Waals surface area contributed by atoms with Gasteiger partial charge in [0.05, 0.1) is 15.3 Å². The molecule has 0 bridgehead atoms. The van der Waals surface area contributed by atoms with Gasteiger partial charge in [-0.2, -0.15) is 4.31 Å². The van der Waals surface area contributed by atoms with Crippen molar-refractivity contribution in [2.75, 3.05) is 6.54 Å². The number of hydrogen-bond donors (Lipinski definition) is 1. The summed E-state index contributed by atoms with van der Waals surface area (Å²) in [5.74, 6) is 0. The van der Waals surface area contributed by atoms with Gasteiger partial charge in [0.25, 0.3) is 10.0 Å². The number of nitrogens with zero attached hydrogens (tertiary/aromatic N) is 1. The standard InChI is InChI=1S/C9H13BrN2O2S3/c1-6(2)12(5-8(11)15)17(13,14)9-4-3-7(10)16-9/h3-4,6H,5H2,1-2H3,(H2,11,15). The summed E-state index contributed by atoms with van der Waals surface area (Å²) in [6.07, 6.45) is 0. The number of rotatable bonds is 5. The Balaban J connectivity index is 3.13. The van der Waals surface area contributed by atoms with E-state index in [1.165, 1.54) is 15.6 Å². The van der Waals surface area contributed by atoms with Crippen LogP contribution >= 0.6 is 39.5 Å². The van der Waals surface area contributed by atoms with Crippen molar-refractivity contribution in [2.24, 2.45) is 5.73 Å². The lowest BCUT2D eigenvalue weighted by atomic mass is 10.4. The van der Waals surface area contributed by atoms with E-state index in [9.17, 15) is 8.42 Å². The van der Waals surface area contributed by atoms with Crippen LogP contribution in [0.2, 0.25) is 0 Å². The molecule has 0 atom stereocenters. The van der Waals surface area contributed by atoms with Crippen molar-refractivity contribution < 1.29 is 8.42 Å². The van der Waals surface area contributed by atoms with Crippen LogP contribution in [0.4, 0.5) is 0 Å². The predicted octanol–water partition coefficient (Wildman–Crippen LogP) is 2.20. The van der Waals surface area contributed by atoms with Gasteiger partial charge in [0.1, 0.15) is 4.21 Å². The molecule has 0 aromatic carbocycles. The van der Waals surface area contributed by atoms with E-state index in [4.69, 9.17) is 18.0 Å². The van der Waals surface area contributed by atoms with Gasteiger partial charge in [-0.25, -0.2) is 8.42 Å². The van der Waals surface area contributed by atoms with Crippen LogP contribution in [0.1, 0.15) is 13.8 Å². The van der Waals surface area contributed by atoms with Gasteiger partial charge in [0, 0.05) is 6.04 Å². The Morgan fingerprint density at radius 1 is 1.59 bits per heavy atom. The number of nitrogens with two attached hydrogens (primary N) is 1. The Bertz CT molecular complexity index is 510. The first-order chi connectivity index (χ1) is 7.75. The van der Waals surface area contributed by atoms with Crippen LogP contribution in [0.25, 0.3) is 0 Å². The van der Waals surface area contributed by atoms with Crippen molar-refractivity contribution in [3.8, 4) is 0 Å².